The summed E-state index contributed by atoms with van der Waals surface area (Å²) in [7, 11) is 0. The number of rotatable bonds is 6. The number of fused-ring (bicyclic) bond motifs is 1. The second-order valence-corrected chi connectivity index (χ2v) is 7.53. The van der Waals surface area contributed by atoms with Gasteiger partial charge in [-0.3, -0.25) is 0 Å². The van der Waals surface area contributed by atoms with Crippen molar-refractivity contribution in [2.45, 2.75) is 17.5 Å². The van der Waals surface area contributed by atoms with Crippen LogP contribution >= 0.6 is 39.5 Å². The van der Waals surface area contributed by atoms with E-state index in [2.05, 4.69) is 25.6 Å². The zero-order valence-corrected chi connectivity index (χ0v) is 16.2. The zero-order chi connectivity index (χ0) is 18.8. The Bertz CT molecular complexity index is 957. The minimum absolute atomic E-state index is 0.00563. The molecular weight excluding hydrogens is 452 g/mol. The average molecular weight is 465 g/mol. The number of hydrogen-bond donors (Lipinski definition) is 3. The molecule has 0 aliphatic carbocycles. The van der Waals surface area contributed by atoms with E-state index < -0.39 is 24.3 Å². The first-order valence-corrected chi connectivity index (χ1v) is 9.39. The molecule has 138 valence electrons. The van der Waals surface area contributed by atoms with Crippen LogP contribution in [0, 0.1) is 11.6 Å². The standard InChI is InChI=1S/C16H13BrClF2N3O2S/c17-10-3-12(20)13(4-11(10)19)22-26-14-6-23(5-8(25)7-24)16-9(14)1-2-15(18)21-16/h1-4,6,8,22,24-25H,5,7H2. The smallest absolute Gasteiger partial charge is 0.148 e. The van der Waals surface area contributed by atoms with Crippen molar-refractivity contribution in [2.24, 2.45) is 0 Å². The molecule has 0 spiro atoms. The molecule has 1 atom stereocenters. The summed E-state index contributed by atoms with van der Waals surface area (Å²) in [6.07, 6.45) is 0.729. The zero-order valence-electron chi connectivity index (χ0n) is 13.1. The van der Waals surface area contributed by atoms with E-state index in [1.807, 2.05) is 0 Å². The normalized spacial score (nSPS) is 12.5. The van der Waals surface area contributed by atoms with E-state index >= 15 is 0 Å². The molecule has 0 radical (unpaired) electrons. The number of hydrogen-bond acceptors (Lipinski definition) is 5. The molecule has 3 rings (SSSR count). The van der Waals surface area contributed by atoms with Crippen LogP contribution in [-0.2, 0) is 6.54 Å². The number of nitrogens with one attached hydrogen (secondary N) is 1. The first-order valence-electron chi connectivity index (χ1n) is 7.40. The molecule has 5 nitrogen and oxygen atoms in total. The molecule has 3 N–H and O–H groups in total. The average Bonchev–Trinajstić information content (AvgIpc) is 2.93. The number of aliphatic hydroxyl groups is 2. The van der Waals surface area contributed by atoms with Crippen LogP contribution in [0.4, 0.5) is 14.5 Å². The molecule has 26 heavy (non-hydrogen) atoms. The van der Waals surface area contributed by atoms with Crippen molar-refractivity contribution in [1.29, 1.82) is 0 Å². The van der Waals surface area contributed by atoms with Gasteiger partial charge in [0, 0.05) is 17.6 Å². The summed E-state index contributed by atoms with van der Waals surface area (Å²) >= 11 is 9.95. The van der Waals surface area contributed by atoms with Gasteiger partial charge in [-0.05, 0) is 46.1 Å². The van der Waals surface area contributed by atoms with Crippen LogP contribution in [0.3, 0.4) is 0 Å². The third-order valence-electron chi connectivity index (χ3n) is 3.55. The van der Waals surface area contributed by atoms with E-state index in [1.54, 1.807) is 22.9 Å². The van der Waals surface area contributed by atoms with Crippen LogP contribution in [-0.4, -0.2) is 32.5 Å². The van der Waals surface area contributed by atoms with Gasteiger partial charge < -0.3 is 19.5 Å². The molecule has 2 aromatic heterocycles. The Hall–Kier alpha value is -1.39. The van der Waals surface area contributed by atoms with Gasteiger partial charge in [-0.15, -0.1) is 0 Å². The summed E-state index contributed by atoms with van der Waals surface area (Å²) in [5, 5.41) is 19.7. The minimum Gasteiger partial charge on any atom is -0.394 e. The van der Waals surface area contributed by atoms with Gasteiger partial charge in [-0.1, -0.05) is 11.6 Å². The highest BCUT2D eigenvalue weighted by molar-refractivity contribution is 9.10. The van der Waals surface area contributed by atoms with Crippen molar-refractivity contribution in [1.82, 2.24) is 9.55 Å². The quantitative estimate of drug-likeness (QED) is 0.290. The number of benzene rings is 1. The van der Waals surface area contributed by atoms with E-state index in [4.69, 9.17) is 16.7 Å². The van der Waals surface area contributed by atoms with Crippen molar-refractivity contribution < 1.29 is 19.0 Å². The van der Waals surface area contributed by atoms with Gasteiger partial charge in [-0.2, -0.15) is 0 Å². The number of pyridine rings is 1. The molecule has 2 heterocycles. The molecule has 3 aromatic rings. The lowest BCUT2D eigenvalue weighted by atomic mass is 10.3. The van der Waals surface area contributed by atoms with E-state index in [1.165, 1.54) is 0 Å². The molecule has 1 aromatic carbocycles. The highest BCUT2D eigenvalue weighted by atomic mass is 79.9. The topological polar surface area (TPSA) is 70.3 Å². The second kappa shape index (κ2) is 8.10. The molecule has 0 saturated carbocycles. The van der Waals surface area contributed by atoms with Crippen LogP contribution < -0.4 is 4.72 Å². The molecule has 1 unspecified atom stereocenters. The third kappa shape index (κ3) is 4.12. The predicted molar refractivity (Wildman–Crippen MR) is 101 cm³/mol. The second-order valence-electron chi connectivity index (χ2n) is 5.44. The van der Waals surface area contributed by atoms with E-state index in [-0.39, 0.29) is 21.9 Å². The Morgan fingerprint density at radius 2 is 2.08 bits per heavy atom. The lowest BCUT2D eigenvalue weighted by Crippen LogP contribution is -2.19. The Balaban J connectivity index is 1.91. The summed E-state index contributed by atoms with van der Waals surface area (Å²) in [5.74, 6) is -1.19. The van der Waals surface area contributed by atoms with Crippen molar-refractivity contribution in [2.75, 3.05) is 11.3 Å². The Morgan fingerprint density at radius 1 is 1.31 bits per heavy atom. The summed E-state index contributed by atoms with van der Waals surface area (Å²) in [4.78, 5) is 4.91. The predicted octanol–water partition coefficient (Wildman–Crippen LogP) is 4.20. The number of anilines is 1. The Kier molecular flexibility index (Phi) is 6.03. The number of aromatic nitrogens is 2. The highest BCUT2D eigenvalue weighted by Crippen LogP contribution is 2.33. The fourth-order valence-corrected chi connectivity index (χ4v) is 3.61. The van der Waals surface area contributed by atoms with Crippen molar-refractivity contribution >= 4 is 56.2 Å². The van der Waals surface area contributed by atoms with Crippen LogP contribution in [0.2, 0.25) is 5.15 Å². The van der Waals surface area contributed by atoms with E-state index in [9.17, 15) is 13.9 Å². The maximum Gasteiger partial charge on any atom is 0.148 e. The van der Waals surface area contributed by atoms with Crippen LogP contribution in [0.15, 0.2) is 39.8 Å². The Labute approximate surface area is 165 Å². The lowest BCUT2D eigenvalue weighted by Gasteiger charge is -2.09. The molecule has 0 fully saturated rings. The minimum atomic E-state index is -0.963. The van der Waals surface area contributed by atoms with E-state index in [0.29, 0.717) is 10.5 Å². The van der Waals surface area contributed by atoms with Crippen LogP contribution in [0.5, 0.6) is 0 Å². The first-order chi connectivity index (χ1) is 12.4. The van der Waals surface area contributed by atoms with Gasteiger partial charge in [0.1, 0.15) is 22.4 Å². The number of nitrogens with zero attached hydrogens (tertiary/aromatic N) is 2. The molecular formula is C16H13BrClF2N3O2S. The molecule has 10 heteroatoms. The van der Waals surface area contributed by atoms with Crippen molar-refractivity contribution in [3.05, 3.63) is 51.7 Å². The summed E-state index contributed by atoms with van der Waals surface area (Å²) in [6, 6.07) is 5.45. The van der Waals surface area contributed by atoms with Crippen LogP contribution in [0.25, 0.3) is 11.0 Å². The van der Waals surface area contributed by atoms with Crippen molar-refractivity contribution in [3.8, 4) is 0 Å². The fraction of sp³-hybridized carbons (Fsp3) is 0.188. The SMILES string of the molecule is OCC(O)Cn1cc(SNc2cc(F)c(Br)cc2F)c2ccc(Cl)nc21. The fourth-order valence-electron chi connectivity index (χ4n) is 2.32. The molecule has 0 bridgehead atoms. The molecule has 0 aliphatic rings. The van der Waals surface area contributed by atoms with Gasteiger partial charge in [0.05, 0.1) is 34.3 Å². The maximum absolute atomic E-state index is 14.0. The summed E-state index contributed by atoms with van der Waals surface area (Å²) in [6.45, 7) is -0.285. The number of aliphatic hydroxyl groups excluding tert-OH is 2. The van der Waals surface area contributed by atoms with E-state index in [0.717, 1.165) is 29.5 Å². The Morgan fingerprint density at radius 3 is 2.81 bits per heavy atom. The molecule has 0 saturated heterocycles. The first kappa shape index (κ1) is 19.4. The van der Waals surface area contributed by atoms with Gasteiger partial charge in [0.25, 0.3) is 0 Å². The van der Waals surface area contributed by atoms with Gasteiger partial charge >= 0.3 is 0 Å². The van der Waals surface area contributed by atoms with Gasteiger partial charge in [0.15, 0.2) is 0 Å². The largest absolute Gasteiger partial charge is 0.394 e. The number of halogens is 4. The lowest BCUT2D eigenvalue weighted by molar-refractivity contribution is 0.0820. The molecule has 0 amide bonds. The highest BCUT2D eigenvalue weighted by Gasteiger charge is 2.15. The van der Waals surface area contributed by atoms with Gasteiger partial charge in [-0.25, -0.2) is 13.8 Å². The third-order valence-corrected chi connectivity index (χ3v) is 5.24. The molecule has 0 aliphatic heterocycles. The monoisotopic (exact) mass is 463 g/mol. The summed E-state index contributed by atoms with van der Waals surface area (Å²) < 4.78 is 32.0. The van der Waals surface area contributed by atoms with Crippen LogP contribution in [0.1, 0.15) is 0 Å². The van der Waals surface area contributed by atoms with Crippen molar-refractivity contribution in [3.63, 3.8) is 0 Å². The summed E-state index contributed by atoms with van der Waals surface area (Å²) in [5.41, 5.74) is 0.505. The van der Waals surface area contributed by atoms with Gasteiger partial charge in [0.2, 0.25) is 0 Å². The maximum atomic E-state index is 14.0.